The zero-order valence-corrected chi connectivity index (χ0v) is 14.4. The van der Waals surface area contributed by atoms with E-state index in [0.717, 1.165) is 15.7 Å². The number of oxime groups is 1. The summed E-state index contributed by atoms with van der Waals surface area (Å²) >= 11 is 5.09. The van der Waals surface area contributed by atoms with Crippen molar-refractivity contribution in [3.63, 3.8) is 0 Å². The third-order valence-electron chi connectivity index (χ3n) is 3.18. The van der Waals surface area contributed by atoms with Gasteiger partial charge in [0.25, 0.3) is 0 Å². The minimum Gasteiger partial charge on any atom is -0.409 e. The van der Waals surface area contributed by atoms with Gasteiger partial charge in [-0.1, -0.05) is 5.16 Å². The Morgan fingerprint density at radius 1 is 1.48 bits per heavy atom. The van der Waals surface area contributed by atoms with Crippen LogP contribution in [-0.2, 0) is 6.54 Å². The SMILES string of the molecule is Cc1nnc(N(C)Cc2cc(Br)cs2)c(C(N)=NO)c1C. The number of amidine groups is 1. The van der Waals surface area contributed by atoms with Gasteiger partial charge >= 0.3 is 0 Å². The summed E-state index contributed by atoms with van der Waals surface area (Å²) in [6, 6.07) is 2.05. The summed E-state index contributed by atoms with van der Waals surface area (Å²) in [5.41, 5.74) is 8.03. The van der Waals surface area contributed by atoms with Gasteiger partial charge in [-0.05, 0) is 41.4 Å². The lowest BCUT2D eigenvalue weighted by Crippen LogP contribution is -2.25. The Morgan fingerprint density at radius 3 is 2.76 bits per heavy atom. The number of halogens is 1. The van der Waals surface area contributed by atoms with Crippen LogP contribution in [0.4, 0.5) is 5.82 Å². The van der Waals surface area contributed by atoms with Crippen molar-refractivity contribution < 1.29 is 5.21 Å². The molecule has 0 spiro atoms. The second-order valence-electron chi connectivity index (χ2n) is 4.68. The molecule has 0 saturated carbocycles. The highest BCUT2D eigenvalue weighted by molar-refractivity contribution is 9.10. The van der Waals surface area contributed by atoms with E-state index in [9.17, 15) is 0 Å². The van der Waals surface area contributed by atoms with Crippen molar-refractivity contribution in [1.82, 2.24) is 10.2 Å². The molecule has 0 amide bonds. The van der Waals surface area contributed by atoms with Crippen LogP contribution in [-0.4, -0.2) is 28.3 Å². The van der Waals surface area contributed by atoms with Crippen LogP contribution in [0.5, 0.6) is 0 Å². The maximum Gasteiger partial charge on any atom is 0.174 e. The fraction of sp³-hybridized carbons (Fsp3) is 0.308. The van der Waals surface area contributed by atoms with Gasteiger partial charge in [-0.2, -0.15) is 5.10 Å². The van der Waals surface area contributed by atoms with E-state index in [1.807, 2.05) is 31.2 Å². The quantitative estimate of drug-likeness (QED) is 0.374. The number of thiophene rings is 1. The van der Waals surface area contributed by atoms with E-state index in [4.69, 9.17) is 10.9 Å². The van der Waals surface area contributed by atoms with Crippen LogP contribution >= 0.6 is 27.3 Å². The molecule has 3 N–H and O–H groups in total. The molecule has 2 aromatic heterocycles. The van der Waals surface area contributed by atoms with E-state index >= 15 is 0 Å². The van der Waals surface area contributed by atoms with Gasteiger partial charge in [0, 0.05) is 21.8 Å². The molecule has 112 valence electrons. The lowest BCUT2D eigenvalue weighted by Gasteiger charge is -2.21. The first kappa shape index (κ1) is 15.7. The Labute approximate surface area is 135 Å². The molecular formula is C13H16BrN5OS. The number of aryl methyl sites for hydroxylation is 1. The minimum atomic E-state index is 0.0414. The third kappa shape index (κ3) is 3.33. The average Bonchev–Trinajstić information content (AvgIpc) is 2.85. The number of aromatic nitrogens is 2. The molecule has 8 heteroatoms. The Morgan fingerprint density at radius 2 is 2.19 bits per heavy atom. The summed E-state index contributed by atoms with van der Waals surface area (Å²) in [6.45, 7) is 4.40. The van der Waals surface area contributed by atoms with Gasteiger partial charge in [-0.3, -0.25) is 0 Å². The fourth-order valence-corrected chi connectivity index (χ4v) is 3.47. The van der Waals surface area contributed by atoms with Crippen LogP contribution in [0.1, 0.15) is 21.7 Å². The molecule has 0 radical (unpaired) electrons. The van der Waals surface area contributed by atoms with Crippen molar-refractivity contribution in [2.24, 2.45) is 10.9 Å². The monoisotopic (exact) mass is 369 g/mol. The van der Waals surface area contributed by atoms with E-state index in [-0.39, 0.29) is 5.84 Å². The maximum absolute atomic E-state index is 8.99. The predicted molar refractivity (Wildman–Crippen MR) is 88.1 cm³/mol. The summed E-state index contributed by atoms with van der Waals surface area (Å²) < 4.78 is 1.05. The Bertz CT molecular complexity index is 685. The fourth-order valence-electron chi connectivity index (χ4n) is 1.97. The zero-order chi connectivity index (χ0) is 15.6. The highest BCUT2D eigenvalue weighted by Gasteiger charge is 2.18. The van der Waals surface area contributed by atoms with Gasteiger partial charge in [-0.15, -0.1) is 16.4 Å². The molecule has 0 unspecified atom stereocenters. The Hall–Kier alpha value is -1.67. The summed E-state index contributed by atoms with van der Waals surface area (Å²) in [4.78, 5) is 3.11. The summed E-state index contributed by atoms with van der Waals surface area (Å²) in [7, 11) is 1.90. The van der Waals surface area contributed by atoms with Crippen molar-refractivity contribution in [3.05, 3.63) is 37.6 Å². The highest BCUT2D eigenvalue weighted by atomic mass is 79.9. The van der Waals surface area contributed by atoms with Gasteiger partial charge in [0.1, 0.15) is 0 Å². The number of rotatable bonds is 4. The Balaban J connectivity index is 2.40. The number of hydrogen-bond donors (Lipinski definition) is 2. The van der Waals surface area contributed by atoms with Crippen LogP contribution < -0.4 is 10.6 Å². The molecule has 6 nitrogen and oxygen atoms in total. The molecule has 0 aliphatic rings. The van der Waals surface area contributed by atoms with Gasteiger partial charge in [-0.25, -0.2) is 0 Å². The van der Waals surface area contributed by atoms with Crippen molar-refractivity contribution in [1.29, 1.82) is 0 Å². The molecule has 2 rings (SSSR count). The number of nitrogens with zero attached hydrogens (tertiary/aromatic N) is 4. The first-order valence-corrected chi connectivity index (χ1v) is 7.87. The van der Waals surface area contributed by atoms with Gasteiger partial charge in [0.05, 0.1) is 17.8 Å². The predicted octanol–water partition coefficient (Wildman–Crippen LogP) is 2.65. The normalized spacial score (nSPS) is 11.7. The van der Waals surface area contributed by atoms with Crippen molar-refractivity contribution in [2.45, 2.75) is 20.4 Å². The molecule has 0 aliphatic heterocycles. The molecule has 0 bridgehead atoms. The average molecular weight is 370 g/mol. The molecule has 2 heterocycles. The molecule has 0 fully saturated rings. The van der Waals surface area contributed by atoms with E-state index in [2.05, 4.69) is 37.3 Å². The largest absolute Gasteiger partial charge is 0.409 e. The van der Waals surface area contributed by atoms with E-state index in [0.29, 0.717) is 17.9 Å². The molecular weight excluding hydrogens is 354 g/mol. The molecule has 21 heavy (non-hydrogen) atoms. The molecule has 0 aromatic carbocycles. The number of anilines is 1. The number of nitrogens with two attached hydrogens (primary N) is 1. The lowest BCUT2D eigenvalue weighted by molar-refractivity contribution is 0.318. The number of hydrogen-bond acceptors (Lipinski definition) is 6. The molecule has 0 aliphatic carbocycles. The topological polar surface area (TPSA) is 87.6 Å². The van der Waals surface area contributed by atoms with Crippen LogP contribution in [0.15, 0.2) is 21.1 Å². The van der Waals surface area contributed by atoms with Gasteiger partial charge < -0.3 is 15.8 Å². The molecule has 2 aromatic rings. The van der Waals surface area contributed by atoms with E-state index in [1.165, 1.54) is 4.88 Å². The van der Waals surface area contributed by atoms with Crippen molar-refractivity contribution >= 4 is 38.9 Å². The van der Waals surface area contributed by atoms with Crippen LogP contribution in [0.3, 0.4) is 0 Å². The second-order valence-corrected chi connectivity index (χ2v) is 6.59. The van der Waals surface area contributed by atoms with Crippen molar-refractivity contribution in [3.8, 4) is 0 Å². The smallest absolute Gasteiger partial charge is 0.174 e. The first-order valence-electron chi connectivity index (χ1n) is 6.19. The van der Waals surface area contributed by atoms with E-state index < -0.39 is 0 Å². The molecule has 0 atom stereocenters. The Kier molecular flexibility index (Phi) is 4.79. The van der Waals surface area contributed by atoms with Gasteiger partial charge in [0.15, 0.2) is 11.7 Å². The lowest BCUT2D eigenvalue weighted by atomic mass is 10.1. The molecule has 0 saturated heterocycles. The van der Waals surface area contributed by atoms with Crippen LogP contribution in [0.2, 0.25) is 0 Å². The first-order chi connectivity index (χ1) is 9.93. The van der Waals surface area contributed by atoms with E-state index in [1.54, 1.807) is 11.3 Å². The standard InChI is InChI=1S/C13H16BrN5OS/c1-7-8(2)16-17-13(11(7)12(15)18-20)19(3)5-10-4-9(14)6-21-10/h4,6,20H,5H2,1-3H3,(H2,15,18). The van der Waals surface area contributed by atoms with Crippen molar-refractivity contribution in [2.75, 3.05) is 11.9 Å². The third-order valence-corrected chi connectivity index (χ3v) is 4.86. The van der Waals surface area contributed by atoms with Crippen LogP contribution in [0, 0.1) is 13.8 Å². The van der Waals surface area contributed by atoms with Crippen LogP contribution in [0.25, 0.3) is 0 Å². The van der Waals surface area contributed by atoms with Gasteiger partial charge in [0.2, 0.25) is 0 Å². The maximum atomic E-state index is 8.99. The summed E-state index contributed by atoms with van der Waals surface area (Å²) in [5, 5.41) is 22.5. The summed E-state index contributed by atoms with van der Waals surface area (Å²) in [5.74, 6) is 0.637. The minimum absolute atomic E-state index is 0.0414. The highest BCUT2D eigenvalue weighted by Crippen LogP contribution is 2.25. The second kappa shape index (κ2) is 6.40. The summed E-state index contributed by atoms with van der Waals surface area (Å²) in [6.07, 6.45) is 0. The zero-order valence-electron chi connectivity index (χ0n) is 12.0.